The highest BCUT2D eigenvalue weighted by molar-refractivity contribution is 6.66. The minimum Gasteiger partial charge on any atom is -0.334 e. The number of pyridine rings is 1. The van der Waals surface area contributed by atoms with E-state index >= 15 is 0 Å². The number of amides is 1. The summed E-state index contributed by atoms with van der Waals surface area (Å²) in [5.74, 6) is 0.377. The largest absolute Gasteiger partial charge is 0.334 e. The lowest BCUT2D eigenvalue weighted by molar-refractivity contribution is -0.131. The first-order valence-corrected chi connectivity index (χ1v) is 9.00. The van der Waals surface area contributed by atoms with E-state index in [2.05, 4.69) is 10.1 Å². The van der Waals surface area contributed by atoms with Gasteiger partial charge in [-0.2, -0.15) is 5.10 Å². The Balaban J connectivity index is 1.61. The van der Waals surface area contributed by atoms with Crippen molar-refractivity contribution in [2.24, 2.45) is 11.3 Å². The van der Waals surface area contributed by atoms with Crippen molar-refractivity contribution in [3.63, 3.8) is 0 Å². The molecule has 3 heterocycles. The Morgan fingerprint density at radius 1 is 1.46 bits per heavy atom. The third-order valence-corrected chi connectivity index (χ3v) is 5.87. The Morgan fingerprint density at radius 2 is 2.23 bits per heavy atom. The summed E-state index contributed by atoms with van der Waals surface area (Å²) in [5, 5.41) is 12.6. The molecular weight excluding hydrogens is 373 g/mol. The van der Waals surface area contributed by atoms with Gasteiger partial charge >= 0.3 is 0 Å². The summed E-state index contributed by atoms with van der Waals surface area (Å²) >= 11 is 11.9. The number of halogens is 2. The SMILES string of the molecule is Cc1cc(C(C)N2C[C@@]3(C(=N)Cl)C=CC3C2=O)cnc1-n1cc(Cl)cn1. The highest BCUT2D eigenvalue weighted by atomic mass is 35.5. The van der Waals surface area contributed by atoms with Crippen molar-refractivity contribution in [1.29, 1.82) is 5.41 Å². The predicted molar refractivity (Wildman–Crippen MR) is 99.9 cm³/mol. The van der Waals surface area contributed by atoms with Gasteiger partial charge in [0.05, 0.1) is 34.8 Å². The summed E-state index contributed by atoms with van der Waals surface area (Å²) in [4.78, 5) is 19.0. The van der Waals surface area contributed by atoms with Crippen LogP contribution in [-0.4, -0.2) is 37.3 Å². The van der Waals surface area contributed by atoms with Crippen LogP contribution in [0.1, 0.15) is 24.1 Å². The van der Waals surface area contributed by atoms with Crippen LogP contribution in [0, 0.1) is 23.7 Å². The van der Waals surface area contributed by atoms with E-state index < -0.39 is 5.41 Å². The van der Waals surface area contributed by atoms with Crippen molar-refractivity contribution < 1.29 is 4.79 Å². The molecule has 2 aliphatic rings. The van der Waals surface area contributed by atoms with E-state index in [1.165, 1.54) is 0 Å². The van der Waals surface area contributed by atoms with Gasteiger partial charge in [-0.05, 0) is 31.0 Å². The molecular formula is C18H17Cl2N5O. The van der Waals surface area contributed by atoms with Crippen molar-refractivity contribution in [1.82, 2.24) is 19.7 Å². The molecule has 1 N–H and O–H groups in total. The van der Waals surface area contributed by atoms with Crippen molar-refractivity contribution in [2.45, 2.75) is 19.9 Å². The molecule has 6 nitrogen and oxygen atoms in total. The Bertz CT molecular complexity index is 953. The van der Waals surface area contributed by atoms with Crippen molar-refractivity contribution in [3.8, 4) is 5.82 Å². The lowest BCUT2D eigenvalue weighted by Gasteiger charge is -2.33. The van der Waals surface area contributed by atoms with Gasteiger partial charge in [-0.1, -0.05) is 35.4 Å². The Hall–Kier alpha value is -2.18. The Morgan fingerprint density at radius 3 is 2.73 bits per heavy atom. The lowest BCUT2D eigenvalue weighted by atomic mass is 9.70. The third kappa shape index (κ3) is 2.40. The van der Waals surface area contributed by atoms with E-state index in [1.54, 1.807) is 28.2 Å². The molecule has 8 heteroatoms. The van der Waals surface area contributed by atoms with Crippen LogP contribution in [0.3, 0.4) is 0 Å². The average molecular weight is 390 g/mol. The van der Waals surface area contributed by atoms with Crippen molar-refractivity contribution in [3.05, 3.63) is 53.0 Å². The van der Waals surface area contributed by atoms with Gasteiger partial charge in [0.1, 0.15) is 5.17 Å². The van der Waals surface area contributed by atoms with Gasteiger partial charge < -0.3 is 4.90 Å². The average Bonchev–Trinajstić information content (AvgIpc) is 3.07. The number of likely N-dealkylation sites (tertiary alicyclic amines) is 1. The van der Waals surface area contributed by atoms with Crippen LogP contribution in [0.15, 0.2) is 36.8 Å². The summed E-state index contributed by atoms with van der Waals surface area (Å²) in [7, 11) is 0. The number of carbonyl (C=O) groups excluding carboxylic acids is 1. The van der Waals surface area contributed by atoms with Crippen LogP contribution in [0.2, 0.25) is 5.02 Å². The fraction of sp³-hybridized carbons (Fsp3) is 0.333. The smallest absolute Gasteiger partial charge is 0.231 e. The molecule has 1 saturated heterocycles. The maximum Gasteiger partial charge on any atom is 0.231 e. The monoisotopic (exact) mass is 389 g/mol. The standard InChI is InChI=1S/C18H17Cl2N5O/c1-10-5-12(6-22-15(10)25-8-13(19)7-23-25)11(2)24-9-18(17(20)21)4-3-14(18)16(24)26/h3-8,11,14,21H,9H2,1-2H3/t11?,14?,18-/m0/s1. The molecule has 0 spiro atoms. The van der Waals surface area contributed by atoms with E-state index in [0.29, 0.717) is 17.4 Å². The summed E-state index contributed by atoms with van der Waals surface area (Å²) in [5.41, 5.74) is 1.21. The molecule has 2 unspecified atom stereocenters. The summed E-state index contributed by atoms with van der Waals surface area (Å²) in [6, 6.07) is 1.84. The van der Waals surface area contributed by atoms with Crippen LogP contribution in [0.25, 0.3) is 5.82 Å². The summed E-state index contributed by atoms with van der Waals surface area (Å²) in [6.45, 7) is 4.34. The highest BCUT2D eigenvalue weighted by Gasteiger charge is 2.57. The van der Waals surface area contributed by atoms with E-state index in [1.807, 2.05) is 32.1 Å². The van der Waals surface area contributed by atoms with E-state index in [0.717, 1.165) is 11.1 Å². The number of carbonyl (C=O) groups is 1. The minimum atomic E-state index is -0.652. The molecule has 0 radical (unpaired) electrons. The first kappa shape index (κ1) is 17.2. The molecule has 0 saturated carbocycles. The van der Waals surface area contributed by atoms with Crippen molar-refractivity contribution in [2.75, 3.05) is 6.54 Å². The number of nitrogens with one attached hydrogen (secondary N) is 1. The van der Waals surface area contributed by atoms with Gasteiger partial charge in [-0.15, -0.1) is 0 Å². The molecule has 2 aromatic rings. The normalized spacial score (nSPS) is 25.2. The highest BCUT2D eigenvalue weighted by Crippen LogP contribution is 2.50. The van der Waals surface area contributed by atoms with Gasteiger partial charge in [0.15, 0.2) is 5.82 Å². The zero-order valence-electron chi connectivity index (χ0n) is 14.3. The molecule has 2 aromatic heterocycles. The zero-order chi connectivity index (χ0) is 18.6. The van der Waals surface area contributed by atoms with Crippen molar-refractivity contribution >= 4 is 34.3 Å². The number of aryl methyl sites for hydroxylation is 1. The minimum absolute atomic E-state index is 0.00554. The number of hydrogen-bond donors (Lipinski definition) is 1. The maximum absolute atomic E-state index is 12.7. The van der Waals surface area contributed by atoms with Crippen LogP contribution >= 0.6 is 23.2 Å². The van der Waals surface area contributed by atoms with E-state index in [9.17, 15) is 4.79 Å². The van der Waals surface area contributed by atoms with Gasteiger partial charge in [0.2, 0.25) is 5.91 Å². The predicted octanol–water partition coefficient (Wildman–Crippen LogP) is 3.52. The Labute approximate surface area is 160 Å². The van der Waals surface area contributed by atoms with E-state index in [4.69, 9.17) is 28.6 Å². The van der Waals surface area contributed by atoms with Gasteiger partial charge in [-0.25, -0.2) is 9.67 Å². The first-order chi connectivity index (χ1) is 12.3. The second-order valence-corrected chi connectivity index (χ2v) is 7.66. The second kappa shape index (κ2) is 5.93. The number of nitrogens with zero attached hydrogens (tertiary/aromatic N) is 4. The Kier molecular flexibility index (Phi) is 3.93. The number of aromatic nitrogens is 3. The number of fused-ring (bicyclic) bond motifs is 1. The molecule has 1 aliphatic heterocycles. The topological polar surface area (TPSA) is 74.9 Å². The lowest BCUT2D eigenvalue weighted by Crippen LogP contribution is -2.39. The van der Waals surface area contributed by atoms with Gasteiger partial charge in [-0.3, -0.25) is 10.2 Å². The third-order valence-electron chi connectivity index (χ3n) is 5.32. The number of rotatable bonds is 4. The van der Waals surface area contributed by atoms with Crippen LogP contribution in [0.4, 0.5) is 0 Å². The summed E-state index contributed by atoms with van der Waals surface area (Å²) in [6.07, 6.45) is 8.71. The van der Waals surface area contributed by atoms with Crippen LogP contribution in [-0.2, 0) is 4.79 Å². The molecule has 0 bridgehead atoms. The molecule has 0 aromatic carbocycles. The molecule has 3 atom stereocenters. The van der Waals surface area contributed by atoms with E-state index in [-0.39, 0.29) is 23.0 Å². The van der Waals surface area contributed by atoms with Gasteiger partial charge in [0, 0.05) is 12.7 Å². The number of hydrogen-bond acceptors (Lipinski definition) is 4. The zero-order valence-corrected chi connectivity index (χ0v) is 15.8. The molecule has 26 heavy (non-hydrogen) atoms. The fourth-order valence-corrected chi connectivity index (χ4v) is 4.05. The first-order valence-electron chi connectivity index (χ1n) is 8.25. The van der Waals surface area contributed by atoms with Crippen LogP contribution in [0.5, 0.6) is 0 Å². The molecule has 134 valence electrons. The van der Waals surface area contributed by atoms with Gasteiger partial charge in [0.25, 0.3) is 0 Å². The molecule has 1 aliphatic carbocycles. The second-order valence-electron chi connectivity index (χ2n) is 6.85. The van der Waals surface area contributed by atoms with Crippen LogP contribution < -0.4 is 0 Å². The maximum atomic E-state index is 12.7. The molecule has 1 fully saturated rings. The molecule has 4 rings (SSSR count). The molecule has 1 amide bonds. The fourth-order valence-electron chi connectivity index (χ4n) is 3.68. The summed E-state index contributed by atoms with van der Waals surface area (Å²) < 4.78 is 1.63. The quantitative estimate of drug-likeness (QED) is 0.641.